The molecule has 0 aromatic rings. The number of amides is 1. The third kappa shape index (κ3) is 3.58. The fourth-order valence-corrected chi connectivity index (χ4v) is 3.44. The molecular weight excluding hydrogens is 266 g/mol. The third-order valence-corrected chi connectivity index (χ3v) is 5.32. The van der Waals surface area contributed by atoms with E-state index < -0.39 is 5.41 Å². The van der Waals surface area contributed by atoms with Crippen LogP contribution in [0.15, 0.2) is 0 Å². The van der Waals surface area contributed by atoms with Crippen molar-refractivity contribution in [3.05, 3.63) is 0 Å². The Hall–Kier alpha value is -0.650. The zero-order chi connectivity index (χ0) is 15.5. The predicted octanol–water partition coefficient (Wildman–Crippen LogP) is 0.931. The molecule has 0 aliphatic carbocycles. The molecule has 1 amide bonds. The molecule has 0 aromatic carbocycles. The van der Waals surface area contributed by atoms with Crippen LogP contribution in [-0.4, -0.2) is 67.7 Å². The lowest BCUT2D eigenvalue weighted by molar-refractivity contribution is -0.143. The van der Waals surface area contributed by atoms with Crippen LogP contribution in [0.3, 0.4) is 0 Å². The van der Waals surface area contributed by atoms with Crippen LogP contribution in [0, 0.1) is 11.3 Å². The second-order valence-electron chi connectivity index (χ2n) is 6.76. The average Bonchev–Trinajstić information content (AvgIpc) is 2.85. The molecule has 5 nitrogen and oxygen atoms in total. The van der Waals surface area contributed by atoms with Gasteiger partial charge in [-0.3, -0.25) is 4.79 Å². The Kier molecular flexibility index (Phi) is 5.63. The minimum absolute atomic E-state index is 0.168. The molecule has 2 atom stereocenters. The first kappa shape index (κ1) is 16.7. The summed E-state index contributed by atoms with van der Waals surface area (Å²) in [5.41, 5.74) is 5.55. The van der Waals surface area contributed by atoms with Crippen LogP contribution in [0.2, 0.25) is 0 Å². The normalized spacial score (nSPS) is 31.1. The molecule has 2 fully saturated rings. The number of piperidine rings is 1. The minimum atomic E-state index is -0.522. The lowest BCUT2D eigenvalue weighted by Gasteiger charge is -2.38. The standard InChI is InChI=1S/C16H31N3O2/c1-4-18(5-2)10-13-6-8-19(9-7-13)15(20)16(3)12-21-11-14(16)17/h13-14H,4-12,17H2,1-3H3. The highest BCUT2D eigenvalue weighted by atomic mass is 16.5. The zero-order valence-corrected chi connectivity index (χ0v) is 13.8. The highest BCUT2D eigenvalue weighted by Crippen LogP contribution is 2.31. The third-order valence-electron chi connectivity index (χ3n) is 5.32. The summed E-state index contributed by atoms with van der Waals surface area (Å²) in [4.78, 5) is 17.2. The van der Waals surface area contributed by atoms with Gasteiger partial charge in [0.1, 0.15) is 0 Å². The molecule has 122 valence electrons. The maximum atomic E-state index is 12.7. The number of hydrogen-bond acceptors (Lipinski definition) is 4. The van der Waals surface area contributed by atoms with E-state index in [9.17, 15) is 4.79 Å². The van der Waals surface area contributed by atoms with Gasteiger partial charge in [-0.05, 0) is 38.8 Å². The first-order valence-corrected chi connectivity index (χ1v) is 8.36. The fraction of sp³-hybridized carbons (Fsp3) is 0.938. The fourth-order valence-electron chi connectivity index (χ4n) is 3.44. The monoisotopic (exact) mass is 297 g/mol. The zero-order valence-electron chi connectivity index (χ0n) is 13.8. The second-order valence-corrected chi connectivity index (χ2v) is 6.76. The Morgan fingerprint density at radius 3 is 2.43 bits per heavy atom. The minimum Gasteiger partial charge on any atom is -0.379 e. The first-order chi connectivity index (χ1) is 10.0. The number of carbonyl (C=O) groups is 1. The second kappa shape index (κ2) is 7.07. The van der Waals surface area contributed by atoms with Crippen molar-refractivity contribution in [2.45, 2.75) is 39.7 Å². The summed E-state index contributed by atoms with van der Waals surface area (Å²) in [5, 5.41) is 0. The Balaban J connectivity index is 1.85. The van der Waals surface area contributed by atoms with E-state index in [0.29, 0.717) is 13.2 Å². The van der Waals surface area contributed by atoms with Gasteiger partial charge in [0, 0.05) is 25.7 Å². The van der Waals surface area contributed by atoms with Crippen LogP contribution in [0.1, 0.15) is 33.6 Å². The van der Waals surface area contributed by atoms with Gasteiger partial charge in [-0.2, -0.15) is 0 Å². The van der Waals surface area contributed by atoms with Crippen LogP contribution >= 0.6 is 0 Å². The van der Waals surface area contributed by atoms with Crippen molar-refractivity contribution in [2.24, 2.45) is 17.1 Å². The summed E-state index contributed by atoms with van der Waals surface area (Å²) in [6.45, 7) is 12.5. The predicted molar refractivity (Wildman–Crippen MR) is 84.0 cm³/mol. The van der Waals surface area contributed by atoms with Crippen LogP contribution in [-0.2, 0) is 9.53 Å². The van der Waals surface area contributed by atoms with Crippen LogP contribution in [0.4, 0.5) is 0 Å². The van der Waals surface area contributed by atoms with Gasteiger partial charge in [-0.25, -0.2) is 0 Å². The van der Waals surface area contributed by atoms with E-state index in [1.54, 1.807) is 0 Å². The number of carbonyl (C=O) groups excluding carboxylic acids is 1. The Morgan fingerprint density at radius 1 is 1.33 bits per heavy atom. The number of likely N-dealkylation sites (tertiary alicyclic amines) is 1. The number of nitrogens with two attached hydrogens (primary N) is 1. The SMILES string of the molecule is CCN(CC)CC1CCN(C(=O)C2(C)COCC2N)CC1. The van der Waals surface area contributed by atoms with E-state index in [1.807, 2.05) is 11.8 Å². The molecule has 2 aliphatic rings. The van der Waals surface area contributed by atoms with Crippen LogP contribution < -0.4 is 5.73 Å². The average molecular weight is 297 g/mol. The van der Waals surface area contributed by atoms with Crippen molar-refractivity contribution in [2.75, 3.05) is 45.9 Å². The van der Waals surface area contributed by atoms with E-state index in [2.05, 4.69) is 18.7 Å². The highest BCUT2D eigenvalue weighted by molar-refractivity contribution is 5.83. The molecule has 2 saturated heterocycles. The van der Waals surface area contributed by atoms with Gasteiger partial charge in [-0.15, -0.1) is 0 Å². The van der Waals surface area contributed by atoms with Crippen molar-refractivity contribution < 1.29 is 9.53 Å². The summed E-state index contributed by atoms with van der Waals surface area (Å²) < 4.78 is 5.41. The van der Waals surface area contributed by atoms with Gasteiger partial charge in [0.2, 0.25) is 5.91 Å². The van der Waals surface area contributed by atoms with E-state index >= 15 is 0 Å². The molecule has 2 aliphatic heterocycles. The molecule has 21 heavy (non-hydrogen) atoms. The largest absolute Gasteiger partial charge is 0.379 e. The summed E-state index contributed by atoms with van der Waals surface area (Å²) >= 11 is 0. The molecule has 0 bridgehead atoms. The van der Waals surface area contributed by atoms with Crippen molar-refractivity contribution in [1.29, 1.82) is 0 Å². The lowest BCUT2D eigenvalue weighted by Crippen LogP contribution is -2.53. The van der Waals surface area contributed by atoms with E-state index in [-0.39, 0.29) is 11.9 Å². The molecule has 0 radical (unpaired) electrons. The van der Waals surface area contributed by atoms with E-state index in [4.69, 9.17) is 10.5 Å². The highest BCUT2D eigenvalue weighted by Gasteiger charge is 2.46. The number of nitrogens with zero attached hydrogens (tertiary/aromatic N) is 2. The van der Waals surface area contributed by atoms with Gasteiger partial charge < -0.3 is 20.3 Å². The molecule has 0 spiro atoms. The van der Waals surface area contributed by atoms with Crippen molar-refractivity contribution in [3.8, 4) is 0 Å². The molecule has 5 heteroatoms. The van der Waals surface area contributed by atoms with Crippen LogP contribution in [0.25, 0.3) is 0 Å². The van der Waals surface area contributed by atoms with Gasteiger partial charge in [-0.1, -0.05) is 13.8 Å². The molecule has 0 saturated carbocycles. The molecule has 2 rings (SSSR count). The topological polar surface area (TPSA) is 58.8 Å². The lowest BCUT2D eigenvalue weighted by atomic mass is 9.83. The van der Waals surface area contributed by atoms with E-state index in [1.165, 1.54) is 0 Å². The van der Waals surface area contributed by atoms with Crippen molar-refractivity contribution in [3.63, 3.8) is 0 Å². The maximum Gasteiger partial charge on any atom is 0.232 e. The maximum absolute atomic E-state index is 12.7. The number of hydrogen-bond donors (Lipinski definition) is 1. The van der Waals surface area contributed by atoms with Gasteiger partial charge in [0.15, 0.2) is 0 Å². The van der Waals surface area contributed by atoms with Gasteiger partial charge >= 0.3 is 0 Å². The molecule has 2 heterocycles. The van der Waals surface area contributed by atoms with Gasteiger partial charge in [0.25, 0.3) is 0 Å². The van der Waals surface area contributed by atoms with Crippen LogP contribution in [0.5, 0.6) is 0 Å². The summed E-state index contributed by atoms with van der Waals surface area (Å²) in [6.07, 6.45) is 2.21. The Labute approximate surface area is 128 Å². The molecule has 0 aromatic heterocycles. The quantitative estimate of drug-likeness (QED) is 0.820. The summed E-state index contributed by atoms with van der Waals surface area (Å²) in [7, 11) is 0. The van der Waals surface area contributed by atoms with Gasteiger partial charge in [0.05, 0.1) is 18.6 Å². The van der Waals surface area contributed by atoms with Crippen molar-refractivity contribution in [1.82, 2.24) is 9.80 Å². The summed E-state index contributed by atoms with van der Waals surface area (Å²) in [6, 6.07) is -0.168. The smallest absolute Gasteiger partial charge is 0.232 e. The number of ether oxygens (including phenoxy) is 1. The molecule has 2 N–H and O–H groups in total. The molecular formula is C16H31N3O2. The first-order valence-electron chi connectivity index (χ1n) is 8.36. The Morgan fingerprint density at radius 2 is 1.95 bits per heavy atom. The van der Waals surface area contributed by atoms with E-state index in [0.717, 1.165) is 51.5 Å². The molecule has 2 unspecified atom stereocenters. The van der Waals surface area contributed by atoms with Crippen molar-refractivity contribution >= 4 is 5.91 Å². The number of rotatable bonds is 5. The summed E-state index contributed by atoms with van der Waals surface area (Å²) in [5.74, 6) is 0.907. The Bertz CT molecular complexity index is 351.